The molecule has 8 heteroatoms. The SMILES string of the molecule is Cn1cnnc1SCC(=O)Nc1ccc(F)c(N)c1. The molecule has 1 heterocycles. The fraction of sp³-hybridized carbons (Fsp3) is 0.182. The molecule has 100 valence electrons. The highest BCUT2D eigenvalue weighted by Gasteiger charge is 2.08. The zero-order chi connectivity index (χ0) is 13.8. The average Bonchev–Trinajstić information content (AvgIpc) is 2.77. The Labute approximate surface area is 113 Å². The minimum atomic E-state index is -0.508. The van der Waals surface area contributed by atoms with Crippen LogP contribution < -0.4 is 11.1 Å². The van der Waals surface area contributed by atoms with E-state index in [1.165, 1.54) is 30.0 Å². The van der Waals surface area contributed by atoms with E-state index in [4.69, 9.17) is 5.73 Å². The van der Waals surface area contributed by atoms with Crippen LogP contribution in [0, 0.1) is 5.82 Å². The van der Waals surface area contributed by atoms with Crippen molar-refractivity contribution in [3.63, 3.8) is 0 Å². The number of amides is 1. The Balaban J connectivity index is 1.91. The van der Waals surface area contributed by atoms with E-state index in [-0.39, 0.29) is 17.3 Å². The first-order valence-corrected chi connectivity index (χ1v) is 6.36. The Hall–Kier alpha value is -2.09. The van der Waals surface area contributed by atoms with Crippen LogP contribution in [0.2, 0.25) is 0 Å². The fourth-order valence-electron chi connectivity index (χ4n) is 1.35. The summed E-state index contributed by atoms with van der Waals surface area (Å²) in [4.78, 5) is 11.7. The number of nitrogens with one attached hydrogen (secondary N) is 1. The summed E-state index contributed by atoms with van der Waals surface area (Å²) in [6, 6.07) is 4.04. The number of nitrogens with zero attached hydrogens (tertiary/aromatic N) is 3. The number of nitrogen functional groups attached to an aromatic ring is 1. The predicted molar refractivity (Wildman–Crippen MR) is 71.2 cm³/mol. The van der Waals surface area contributed by atoms with E-state index in [2.05, 4.69) is 15.5 Å². The molecule has 0 spiro atoms. The number of carbonyl (C=O) groups excluding carboxylic acids is 1. The molecule has 3 N–H and O–H groups in total. The number of benzene rings is 1. The number of anilines is 2. The first kappa shape index (κ1) is 13.3. The van der Waals surface area contributed by atoms with Gasteiger partial charge in [0.05, 0.1) is 11.4 Å². The maximum Gasteiger partial charge on any atom is 0.234 e. The topological polar surface area (TPSA) is 85.8 Å². The van der Waals surface area contributed by atoms with Gasteiger partial charge in [-0.1, -0.05) is 11.8 Å². The minimum Gasteiger partial charge on any atom is -0.396 e. The number of thioether (sulfide) groups is 1. The zero-order valence-electron chi connectivity index (χ0n) is 10.1. The highest BCUT2D eigenvalue weighted by atomic mass is 32.2. The quantitative estimate of drug-likeness (QED) is 0.651. The normalized spacial score (nSPS) is 10.4. The van der Waals surface area contributed by atoms with Gasteiger partial charge in [-0.25, -0.2) is 4.39 Å². The Morgan fingerprint density at radius 2 is 2.37 bits per heavy atom. The van der Waals surface area contributed by atoms with Crippen LogP contribution in [0.15, 0.2) is 29.7 Å². The lowest BCUT2D eigenvalue weighted by Crippen LogP contribution is -2.14. The van der Waals surface area contributed by atoms with E-state index in [0.717, 1.165) is 0 Å². The lowest BCUT2D eigenvalue weighted by molar-refractivity contribution is -0.113. The second-order valence-electron chi connectivity index (χ2n) is 3.80. The average molecular weight is 281 g/mol. The third-order valence-electron chi connectivity index (χ3n) is 2.28. The molecule has 0 aliphatic heterocycles. The molecule has 0 unspecified atom stereocenters. The maximum absolute atomic E-state index is 13.0. The van der Waals surface area contributed by atoms with Crippen molar-refractivity contribution < 1.29 is 9.18 Å². The highest BCUT2D eigenvalue weighted by Crippen LogP contribution is 2.18. The van der Waals surface area contributed by atoms with Crippen LogP contribution in [-0.4, -0.2) is 26.4 Å². The summed E-state index contributed by atoms with van der Waals surface area (Å²) in [5.74, 6) is -0.547. The molecule has 1 aromatic carbocycles. The summed E-state index contributed by atoms with van der Waals surface area (Å²) in [7, 11) is 1.79. The molecule has 0 fully saturated rings. The third kappa shape index (κ3) is 3.44. The van der Waals surface area contributed by atoms with Gasteiger partial charge in [-0.2, -0.15) is 0 Å². The van der Waals surface area contributed by atoms with E-state index >= 15 is 0 Å². The number of carbonyl (C=O) groups is 1. The summed E-state index contributed by atoms with van der Waals surface area (Å²) < 4.78 is 14.7. The van der Waals surface area contributed by atoms with E-state index in [0.29, 0.717) is 10.8 Å². The smallest absolute Gasteiger partial charge is 0.234 e. The molecule has 0 saturated heterocycles. The first-order valence-electron chi connectivity index (χ1n) is 5.38. The van der Waals surface area contributed by atoms with Crippen molar-refractivity contribution in [3.8, 4) is 0 Å². The second-order valence-corrected chi connectivity index (χ2v) is 4.74. The van der Waals surface area contributed by atoms with Gasteiger partial charge in [0.25, 0.3) is 0 Å². The largest absolute Gasteiger partial charge is 0.396 e. The number of hydrogen-bond donors (Lipinski definition) is 2. The van der Waals surface area contributed by atoms with Gasteiger partial charge < -0.3 is 15.6 Å². The molecule has 1 amide bonds. The predicted octanol–water partition coefficient (Wildman–Crippen LogP) is 1.27. The van der Waals surface area contributed by atoms with Crippen LogP contribution in [0.5, 0.6) is 0 Å². The number of nitrogens with two attached hydrogens (primary N) is 1. The zero-order valence-corrected chi connectivity index (χ0v) is 10.9. The molecule has 2 rings (SSSR count). The van der Waals surface area contributed by atoms with Crippen molar-refractivity contribution in [2.24, 2.45) is 7.05 Å². The van der Waals surface area contributed by atoms with Gasteiger partial charge in [0.1, 0.15) is 12.1 Å². The number of aromatic nitrogens is 3. The van der Waals surface area contributed by atoms with Crippen LogP contribution in [-0.2, 0) is 11.8 Å². The molecule has 1 aromatic heterocycles. The van der Waals surface area contributed by atoms with E-state index in [1.807, 2.05) is 0 Å². The van der Waals surface area contributed by atoms with Crippen molar-refractivity contribution in [2.45, 2.75) is 5.16 Å². The molecule has 0 aliphatic carbocycles. The van der Waals surface area contributed by atoms with Gasteiger partial charge in [0, 0.05) is 12.7 Å². The van der Waals surface area contributed by atoms with Crippen molar-refractivity contribution in [1.29, 1.82) is 0 Å². The Morgan fingerprint density at radius 3 is 3.00 bits per heavy atom. The summed E-state index contributed by atoms with van der Waals surface area (Å²) in [6.45, 7) is 0. The Kier molecular flexibility index (Phi) is 4.00. The molecule has 0 atom stereocenters. The van der Waals surface area contributed by atoms with Crippen LogP contribution in [0.3, 0.4) is 0 Å². The summed E-state index contributed by atoms with van der Waals surface area (Å²) >= 11 is 1.26. The van der Waals surface area contributed by atoms with Crippen LogP contribution in [0.1, 0.15) is 0 Å². The van der Waals surface area contributed by atoms with Gasteiger partial charge in [-0.15, -0.1) is 10.2 Å². The lowest BCUT2D eigenvalue weighted by atomic mass is 10.2. The molecule has 0 bridgehead atoms. The third-order valence-corrected chi connectivity index (χ3v) is 3.32. The first-order chi connectivity index (χ1) is 9.06. The molecule has 0 saturated carbocycles. The van der Waals surface area contributed by atoms with Gasteiger partial charge in [0.15, 0.2) is 5.16 Å². The number of halogens is 1. The van der Waals surface area contributed by atoms with E-state index in [9.17, 15) is 9.18 Å². The van der Waals surface area contributed by atoms with E-state index < -0.39 is 5.82 Å². The molecule has 6 nitrogen and oxygen atoms in total. The lowest BCUT2D eigenvalue weighted by Gasteiger charge is -2.06. The fourth-order valence-corrected chi connectivity index (χ4v) is 2.04. The van der Waals surface area contributed by atoms with Gasteiger partial charge in [-0.3, -0.25) is 4.79 Å². The number of rotatable bonds is 4. The van der Waals surface area contributed by atoms with E-state index in [1.54, 1.807) is 17.9 Å². The summed E-state index contributed by atoms with van der Waals surface area (Å²) in [6.07, 6.45) is 1.56. The standard InChI is InChI=1S/C11H12FN5OS/c1-17-6-14-16-11(17)19-5-10(18)15-7-2-3-8(12)9(13)4-7/h2-4,6H,5,13H2,1H3,(H,15,18). The number of aryl methyl sites for hydroxylation is 1. The highest BCUT2D eigenvalue weighted by molar-refractivity contribution is 7.99. The van der Waals surface area contributed by atoms with Crippen LogP contribution >= 0.6 is 11.8 Å². The molecule has 19 heavy (non-hydrogen) atoms. The van der Waals surface area contributed by atoms with Crippen molar-refractivity contribution in [3.05, 3.63) is 30.3 Å². The second kappa shape index (κ2) is 5.70. The Bertz CT molecular complexity index is 601. The van der Waals surface area contributed by atoms with Crippen molar-refractivity contribution >= 4 is 29.0 Å². The van der Waals surface area contributed by atoms with Crippen molar-refractivity contribution in [2.75, 3.05) is 16.8 Å². The summed E-state index contributed by atoms with van der Waals surface area (Å²) in [5.41, 5.74) is 5.87. The monoisotopic (exact) mass is 281 g/mol. The van der Waals surface area contributed by atoms with Crippen LogP contribution in [0.4, 0.5) is 15.8 Å². The molecular formula is C11H12FN5OS. The molecule has 0 aliphatic rings. The molecule has 2 aromatic rings. The minimum absolute atomic E-state index is 0.00115. The number of hydrogen-bond acceptors (Lipinski definition) is 5. The molecule has 0 radical (unpaired) electrons. The summed E-state index contributed by atoms with van der Waals surface area (Å²) in [5, 5.41) is 10.8. The molecular weight excluding hydrogens is 269 g/mol. The van der Waals surface area contributed by atoms with Gasteiger partial charge >= 0.3 is 0 Å². The van der Waals surface area contributed by atoms with Crippen LogP contribution in [0.25, 0.3) is 0 Å². The maximum atomic E-state index is 13.0. The van der Waals surface area contributed by atoms with Gasteiger partial charge in [-0.05, 0) is 18.2 Å². The van der Waals surface area contributed by atoms with Crippen molar-refractivity contribution in [1.82, 2.24) is 14.8 Å². The Morgan fingerprint density at radius 1 is 1.58 bits per heavy atom. The van der Waals surface area contributed by atoms with Gasteiger partial charge in [0.2, 0.25) is 5.91 Å².